The molecule has 0 saturated heterocycles. The number of aliphatic carboxylic acids is 1. The molecule has 0 unspecified atom stereocenters. The van der Waals surface area contributed by atoms with Crippen LogP contribution in [0, 0.1) is 5.92 Å². The zero-order valence-corrected chi connectivity index (χ0v) is 17.7. The smallest absolute Gasteiger partial charge is 0.307 e. The molecule has 0 bridgehead atoms. The Morgan fingerprint density at radius 2 is 2.00 bits per heavy atom. The highest BCUT2D eigenvalue weighted by Gasteiger charge is 2.34. The highest BCUT2D eigenvalue weighted by Crippen LogP contribution is 2.41. The van der Waals surface area contributed by atoms with Crippen molar-refractivity contribution >= 4 is 23.7 Å². The van der Waals surface area contributed by atoms with Crippen LogP contribution in [0.25, 0.3) is 0 Å². The maximum atomic E-state index is 11.4. The number of hydrogen-bond acceptors (Lipinski definition) is 6. The first-order valence-corrected chi connectivity index (χ1v) is 11.1. The molecule has 0 fully saturated rings. The minimum Gasteiger partial charge on any atom is -0.481 e. The van der Waals surface area contributed by atoms with Gasteiger partial charge in [0.2, 0.25) is 0 Å². The standard InChI is InChI=1S/C21H34O6S/c1-3-4-6-9-16(23)11-12-17-18(24)14-19(27-15(2)22)21(17)28-13-8-5-7-10-20(25)26/h11-12,16-18,23-24H,3-10,13-14H2,1-2H3,(H,25,26)/t16-,17-,18+/m0/s1. The van der Waals surface area contributed by atoms with Crippen molar-refractivity contribution < 1.29 is 29.6 Å². The molecule has 7 heteroatoms. The van der Waals surface area contributed by atoms with E-state index in [1.54, 1.807) is 17.8 Å². The number of esters is 1. The molecule has 1 rings (SSSR count). The molecule has 3 N–H and O–H groups in total. The highest BCUT2D eigenvalue weighted by molar-refractivity contribution is 8.03. The Balaban J connectivity index is 2.66. The molecule has 0 amide bonds. The third-order valence-electron chi connectivity index (χ3n) is 4.59. The number of aliphatic hydroxyl groups excluding tert-OH is 2. The molecule has 160 valence electrons. The van der Waals surface area contributed by atoms with Gasteiger partial charge >= 0.3 is 11.9 Å². The second kappa shape index (κ2) is 13.8. The lowest BCUT2D eigenvalue weighted by atomic mass is 10.0. The summed E-state index contributed by atoms with van der Waals surface area (Å²) >= 11 is 1.54. The van der Waals surface area contributed by atoms with Crippen molar-refractivity contribution in [1.82, 2.24) is 0 Å². The molecule has 0 aromatic heterocycles. The van der Waals surface area contributed by atoms with Gasteiger partial charge in [0, 0.05) is 30.6 Å². The number of carboxylic acid groups (broad SMARTS) is 1. The van der Waals surface area contributed by atoms with E-state index in [1.807, 2.05) is 6.08 Å². The minimum absolute atomic E-state index is 0.173. The summed E-state index contributed by atoms with van der Waals surface area (Å²) in [6.07, 6.45) is 8.92. The molecule has 28 heavy (non-hydrogen) atoms. The van der Waals surface area contributed by atoms with Gasteiger partial charge in [-0.05, 0) is 25.0 Å². The maximum Gasteiger partial charge on any atom is 0.307 e. The van der Waals surface area contributed by atoms with Crippen molar-refractivity contribution in [2.24, 2.45) is 5.92 Å². The third kappa shape index (κ3) is 9.75. The van der Waals surface area contributed by atoms with Gasteiger partial charge in [-0.15, -0.1) is 11.8 Å². The van der Waals surface area contributed by atoms with Gasteiger partial charge in [0.1, 0.15) is 5.76 Å². The monoisotopic (exact) mass is 414 g/mol. The number of carbonyl (C=O) groups is 2. The Hall–Kier alpha value is -1.31. The predicted molar refractivity (Wildman–Crippen MR) is 111 cm³/mol. The van der Waals surface area contributed by atoms with E-state index in [0.29, 0.717) is 18.6 Å². The first kappa shape index (κ1) is 24.7. The fraction of sp³-hybridized carbons (Fsp3) is 0.714. The lowest BCUT2D eigenvalue weighted by molar-refractivity contribution is -0.138. The second-order valence-corrected chi connectivity index (χ2v) is 8.32. The van der Waals surface area contributed by atoms with E-state index in [1.165, 1.54) is 6.92 Å². The molecule has 6 nitrogen and oxygen atoms in total. The van der Waals surface area contributed by atoms with Gasteiger partial charge in [0.25, 0.3) is 0 Å². The topological polar surface area (TPSA) is 104 Å². The molecule has 1 aliphatic rings. The third-order valence-corrected chi connectivity index (χ3v) is 5.89. The van der Waals surface area contributed by atoms with Crippen LogP contribution < -0.4 is 0 Å². The van der Waals surface area contributed by atoms with Crippen LogP contribution in [0.15, 0.2) is 22.8 Å². The fourth-order valence-electron chi connectivity index (χ4n) is 3.12. The molecule has 3 atom stereocenters. The van der Waals surface area contributed by atoms with Crippen molar-refractivity contribution in [2.45, 2.75) is 83.8 Å². The first-order valence-electron chi connectivity index (χ1n) is 10.2. The summed E-state index contributed by atoms with van der Waals surface area (Å²) in [7, 11) is 0. The summed E-state index contributed by atoms with van der Waals surface area (Å²) in [5, 5.41) is 29.2. The zero-order chi connectivity index (χ0) is 20.9. The van der Waals surface area contributed by atoms with Crippen molar-refractivity contribution in [3.8, 4) is 0 Å². The summed E-state index contributed by atoms with van der Waals surface area (Å²) in [5.41, 5.74) is 0. The molecular formula is C21H34O6S. The maximum absolute atomic E-state index is 11.4. The average Bonchev–Trinajstić information content (AvgIpc) is 2.90. The van der Waals surface area contributed by atoms with Crippen LogP contribution >= 0.6 is 11.8 Å². The van der Waals surface area contributed by atoms with Crippen molar-refractivity contribution in [3.63, 3.8) is 0 Å². The number of unbranched alkanes of at least 4 members (excludes halogenated alkanes) is 4. The molecule has 0 aromatic carbocycles. The van der Waals surface area contributed by atoms with E-state index < -0.39 is 24.1 Å². The van der Waals surface area contributed by atoms with Crippen LogP contribution in [-0.2, 0) is 14.3 Å². The van der Waals surface area contributed by atoms with Gasteiger partial charge in [0.05, 0.1) is 12.2 Å². The molecule has 0 radical (unpaired) electrons. The normalized spacial score (nSPS) is 20.7. The number of rotatable bonds is 14. The molecule has 1 aliphatic carbocycles. The van der Waals surface area contributed by atoms with Gasteiger partial charge in [-0.2, -0.15) is 0 Å². The van der Waals surface area contributed by atoms with Gasteiger partial charge in [-0.25, -0.2) is 0 Å². The molecule has 0 aromatic rings. The Morgan fingerprint density at radius 3 is 2.64 bits per heavy atom. The first-order chi connectivity index (χ1) is 13.3. The van der Waals surface area contributed by atoms with E-state index >= 15 is 0 Å². The summed E-state index contributed by atoms with van der Waals surface area (Å²) in [6, 6.07) is 0. The number of hydrogen-bond donors (Lipinski definition) is 3. The number of ether oxygens (including phenoxy) is 1. The molecule has 0 saturated carbocycles. The average molecular weight is 415 g/mol. The minimum atomic E-state index is -0.783. The Labute approximate surface area is 172 Å². The van der Waals surface area contributed by atoms with Gasteiger partial charge < -0.3 is 20.1 Å². The quantitative estimate of drug-likeness (QED) is 0.224. The predicted octanol–water partition coefficient (Wildman–Crippen LogP) is 4.02. The molecule has 0 aliphatic heterocycles. The van der Waals surface area contributed by atoms with Crippen LogP contribution in [0.2, 0.25) is 0 Å². The van der Waals surface area contributed by atoms with Crippen LogP contribution in [-0.4, -0.2) is 45.2 Å². The number of thioether (sulfide) groups is 1. The summed E-state index contributed by atoms with van der Waals surface area (Å²) in [4.78, 5) is 22.8. The van der Waals surface area contributed by atoms with E-state index in [4.69, 9.17) is 9.84 Å². The molecular weight excluding hydrogens is 380 g/mol. The summed E-state index contributed by atoms with van der Waals surface area (Å²) in [6.45, 7) is 3.46. The van der Waals surface area contributed by atoms with Crippen LogP contribution in [0.4, 0.5) is 0 Å². The van der Waals surface area contributed by atoms with E-state index in [-0.39, 0.29) is 18.8 Å². The van der Waals surface area contributed by atoms with Gasteiger partial charge in [-0.1, -0.05) is 44.8 Å². The van der Waals surface area contributed by atoms with E-state index in [0.717, 1.165) is 42.8 Å². The second-order valence-electron chi connectivity index (χ2n) is 7.18. The van der Waals surface area contributed by atoms with Crippen molar-refractivity contribution in [1.29, 1.82) is 0 Å². The Morgan fingerprint density at radius 1 is 1.25 bits per heavy atom. The van der Waals surface area contributed by atoms with Crippen LogP contribution in [0.1, 0.15) is 71.6 Å². The van der Waals surface area contributed by atoms with Gasteiger partial charge in [-0.3, -0.25) is 9.59 Å². The fourth-order valence-corrected chi connectivity index (χ4v) is 4.40. The number of aliphatic hydroxyl groups is 2. The Bertz CT molecular complexity index is 557. The highest BCUT2D eigenvalue weighted by atomic mass is 32.2. The molecule has 0 spiro atoms. The Kier molecular flexibility index (Phi) is 12.2. The van der Waals surface area contributed by atoms with E-state index in [9.17, 15) is 19.8 Å². The van der Waals surface area contributed by atoms with Crippen molar-refractivity contribution in [2.75, 3.05) is 5.75 Å². The van der Waals surface area contributed by atoms with Crippen molar-refractivity contribution in [3.05, 3.63) is 22.8 Å². The SMILES string of the molecule is CCCCC[C@H](O)C=C[C@@H]1C(SCCCCCC(=O)O)=C(OC(C)=O)C[C@H]1O. The molecule has 0 heterocycles. The lowest BCUT2D eigenvalue weighted by Gasteiger charge is -2.15. The zero-order valence-electron chi connectivity index (χ0n) is 16.9. The summed E-state index contributed by atoms with van der Waals surface area (Å²) < 4.78 is 5.31. The van der Waals surface area contributed by atoms with Gasteiger partial charge in [0.15, 0.2) is 0 Å². The van der Waals surface area contributed by atoms with Crippen LogP contribution in [0.3, 0.4) is 0 Å². The lowest BCUT2D eigenvalue weighted by Crippen LogP contribution is -2.14. The number of carboxylic acids is 1. The van der Waals surface area contributed by atoms with Crippen LogP contribution in [0.5, 0.6) is 0 Å². The largest absolute Gasteiger partial charge is 0.481 e. The van der Waals surface area contributed by atoms with E-state index in [2.05, 4.69) is 6.92 Å². The summed E-state index contributed by atoms with van der Waals surface area (Å²) in [5.74, 6) is -0.222. The number of carbonyl (C=O) groups excluding carboxylic acids is 1.